The van der Waals surface area contributed by atoms with Gasteiger partial charge in [0, 0.05) is 29.0 Å². The number of imidazole rings is 1. The maximum absolute atomic E-state index is 12.4. The van der Waals surface area contributed by atoms with Crippen LogP contribution < -0.4 is 5.56 Å². The molecule has 1 atom stereocenters. The molecule has 0 aliphatic rings. The van der Waals surface area contributed by atoms with Gasteiger partial charge in [-0.05, 0) is 53.4 Å². The monoisotopic (exact) mass is 455 g/mol. The molecule has 5 rings (SSSR count). The SMILES string of the molecule is Cc1ccc(-c2cc(=O)[nH]c3ccc(C(O)(c4ccc(Cl)cc4)c4cncn4C)cc23)cc1. The molecule has 5 nitrogen and oxygen atoms in total. The number of nitrogens with one attached hydrogen (secondary N) is 1. The standard InChI is InChI=1S/C27H22ClN3O2/c1-17-3-5-18(6-4-17)22-14-26(32)30-24-12-9-20(13-23(22)24)27(33,25-15-29-16-31(25)2)19-7-10-21(28)11-8-19/h3-16,33H,1-2H3,(H,30,32). The van der Waals surface area contributed by atoms with Gasteiger partial charge in [-0.3, -0.25) is 4.79 Å². The smallest absolute Gasteiger partial charge is 0.249 e. The maximum atomic E-state index is 12.4. The molecular formula is C27H22ClN3O2. The van der Waals surface area contributed by atoms with Gasteiger partial charge in [-0.25, -0.2) is 4.98 Å². The first kappa shape index (κ1) is 21.2. The molecule has 1 unspecified atom stereocenters. The molecule has 3 aromatic carbocycles. The van der Waals surface area contributed by atoms with Crippen LogP contribution in [0.2, 0.25) is 5.02 Å². The first-order valence-electron chi connectivity index (χ1n) is 10.6. The van der Waals surface area contributed by atoms with Gasteiger partial charge in [-0.1, -0.05) is 59.6 Å². The zero-order valence-corrected chi connectivity index (χ0v) is 19.0. The largest absolute Gasteiger partial charge is 0.374 e. The van der Waals surface area contributed by atoms with Crippen LogP contribution in [-0.2, 0) is 12.6 Å². The van der Waals surface area contributed by atoms with Crippen LogP contribution in [0.4, 0.5) is 0 Å². The highest BCUT2D eigenvalue weighted by atomic mass is 35.5. The van der Waals surface area contributed by atoms with E-state index in [1.54, 1.807) is 35.3 Å². The topological polar surface area (TPSA) is 70.9 Å². The van der Waals surface area contributed by atoms with E-state index in [4.69, 9.17) is 11.6 Å². The zero-order chi connectivity index (χ0) is 23.2. The summed E-state index contributed by atoms with van der Waals surface area (Å²) in [6, 6.07) is 22.4. The van der Waals surface area contributed by atoms with Gasteiger partial charge < -0.3 is 14.7 Å². The number of pyridine rings is 1. The van der Waals surface area contributed by atoms with Crippen molar-refractivity contribution < 1.29 is 5.11 Å². The summed E-state index contributed by atoms with van der Waals surface area (Å²) in [6.07, 6.45) is 3.32. The van der Waals surface area contributed by atoms with Crippen molar-refractivity contribution in [2.75, 3.05) is 0 Å². The van der Waals surface area contributed by atoms with E-state index < -0.39 is 5.60 Å². The molecule has 164 valence electrons. The van der Waals surface area contributed by atoms with Crippen LogP contribution in [0.25, 0.3) is 22.0 Å². The van der Waals surface area contributed by atoms with Gasteiger partial charge in [0.1, 0.15) is 0 Å². The van der Waals surface area contributed by atoms with Crippen molar-refractivity contribution in [3.63, 3.8) is 0 Å². The number of fused-ring (bicyclic) bond motifs is 1. The van der Waals surface area contributed by atoms with Gasteiger partial charge in [-0.15, -0.1) is 0 Å². The second kappa shape index (κ2) is 8.03. The molecule has 2 heterocycles. The second-order valence-corrected chi connectivity index (χ2v) is 8.72. The molecule has 0 amide bonds. The summed E-state index contributed by atoms with van der Waals surface area (Å²) in [5.41, 5.74) is 3.86. The molecule has 0 fully saturated rings. The number of halogens is 1. The minimum atomic E-state index is -1.48. The number of aromatic amines is 1. The van der Waals surface area contributed by atoms with Crippen molar-refractivity contribution in [3.05, 3.63) is 123 Å². The Balaban J connectivity index is 1.80. The molecule has 2 aromatic heterocycles. The molecule has 0 saturated carbocycles. The minimum Gasteiger partial charge on any atom is -0.374 e. The van der Waals surface area contributed by atoms with E-state index in [1.807, 2.05) is 68.6 Å². The van der Waals surface area contributed by atoms with E-state index >= 15 is 0 Å². The van der Waals surface area contributed by atoms with Crippen molar-refractivity contribution in [3.8, 4) is 11.1 Å². The van der Waals surface area contributed by atoms with Gasteiger partial charge in [0.05, 0.1) is 18.2 Å². The van der Waals surface area contributed by atoms with Gasteiger partial charge >= 0.3 is 0 Å². The molecule has 33 heavy (non-hydrogen) atoms. The third-order valence-corrected chi connectivity index (χ3v) is 6.32. The van der Waals surface area contributed by atoms with Crippen molar-refractivity contribution >= 4 is 22.5 Å². The predicted octanol–water partition coefficient (Wildman–Crippen LogP) is 5.17. The molecule has 0 radical (unpaired) electrons. The normalized spacial score (nSPS) is 13.2. The van der Waals surface area contributed by atoms with E-state index in [0.717, 1.165) is 22.1 Å². The molecule has 0 bridgehead atoms. The van der Waals surface area contributed by atoms with Crippen molar-refractivity contribution in [2.45, 2.75) is 12.5 Å². The molecule has 0 spiro atoms. The lowest BCUT2D eigenvalue weighted by atomic mass is 9.82. The number of benzene rings is 3. The fourth-order valence-electron chi connectivity index (χ4n) is 4.31. The lowest BCUT2D eigenvalue weighted by molar-refractivity contribution is 0.117. The molecule has 5 aromatic rings. The summed E-state index contributed by atoms with van der Waals surface area (Å²) in [5.74, 6) is 0. The van der Waals surface area contributed by atoms with Gasteiger partial charge in [0.25, 0.3) is 0 Å². The summed E-state index contributed by atoms with van der Waals surface area (Å²) in [4.78, 5) is 19.5. The van der Waals surface area contributed by atoms with Crippen LogP contribution in [0.5, 0.6) is 0 Å². The van der Waals surface area contributed by atoms with E-state index in [-0.39, 0.29) is 5.56 Å². The number of aliphatic hydroxyl groups is 1. The third kappa shape index (κ3) is 3.65. The summed E-state index contributed by atoms with van der Waals surface area (Å²) < 4.78 is 1.80. The fraction of sp³-hybridized carbons (Fsp3) is 0.111. The Hall–Kier alpha value is -3.67. The summed E-state index contributed by atoms with van der Waals surface area (Å²) >= 11 is 6.12. The Morgan fingerprint density at radius 2 is 1.67 bits per heavy atom. The highest BCUT2D eigenvalue weighted by Crippen LogP contribution is 2.39. The third-order valence-electron chi connectivity index (χ3n) is 6.07. The Labute approximate surface area is 195 Å². The quantitative estimate of drug-likeness (QED) is 0.392. The van der Waals surface area contributed by atoms with Crippen LogP contribution in [0.1, 0.15) is 22.4 Å². The van der Waals surface area contributed by atoms with Crippen LogP contribution in [0.3, 0.4) is 0 Å². The number of hydrogen-bond acceptors (Lipinski definition) is 3. The van der Waals surface area contributed by atoms with Crippen molar-refractivity contribution in [2.24, 2.45) is 7.05 Å². The predicted molar refractivity (Wildman–Crippen MR) is 132 cm³/mol. The first-order valence-corrected chi connectivity index (χ1v) is 10.9. The lowest BCUT2D eigenvalue weighted by Gasteiger charge is -2.30. The van der Waals surface area contributed by atoms with E-state index in [9.17, 15) is 9.90 Å². The highest BCUT2D eigenvalue weighted by Gasteiger charge is 2.36. The maximum Gasteiger partial charge on any atom is 0.249 e. The fourth-order valence-corrected chi connectivity index (χ4v) is 4.44. The molecular weight excluding hydrogens is 434 g/mol. The summed E-state index contributed by atoms with van der Waals surface area (Å²) in [7, 11) is 1.85. The second-order valence-electron chi connectivity index (χ2n) is 8.28. The van der Waals surface area contributed by atoms with Crippen LogP contribution >= 0.6 is 11.6 Å². The Morgan fingerprint density at radius 3 is 2.33 bits per heavy atom. The average molecular weight is 456 g/mol. The minimum absolute atomic E-state index is 0.176. The van der Waals surface area contributed by atoms with Gasteiger partial charge in [-0.2, -0.15) is 0 Å². The first-order chi connectivity index (χ1) is 15.9. The number of rotatable bonds is 4. The van der Waals surface area contributed by atoms with Gasteiger partial charge in [0.15, 0.2) is 5.60 Å². The number of nitrogens with zero attached hydrogens (tertiary/aromatic N) is 2. The number of hydrogen-bond donors (Lipinski definition) is 2. The van der Waals surface area contributed by atoms with E-state index in [2.05, 4.69) is 9.97 Å². The molecule has 0 saturated heterocycles. The Kier molecular flexibility index (Phi) is 5.16. The summed E-state index contributed by atoms with van der Waals surface area (Å²) in [5, 5.41) is 13.6. The number of aromatic nitrogens is 3. The Bertz CT molecular complexity index is 1520. The Morgan fingerprint density at radius 1 is 0.970 bits per heavy atom. The number of H-pyrrole nitrogens is 1. The van der Waals surface area contributed by atoms with Crippen molar-refractivity contribution in [1.29, 1.82) is 0 Å². The zero-order valence-electron chi connectivity index (χ0n) is 18.2. The van der Waals surface area contributed by atoms with Crippen molar-refractivity contribution in [1.82, 2.24) is 14.5 Å². The molecule has 0 aliphatic carbocycles. The van der Waals surface area contributed by atoms with Crippen LogP contribution in [-0.4, -0.2) is 19.6 Å². The molecule has 6 heteroatoms. The highest BCUT2D eigenvalue weighted by molar-refractivity contribution is 6.30. The molecule has 2 N–H and O–H groups in total. The van der Waals surface area contributed by atoms with Gasteiger partial charge in [0.2, 0.25) is 5.56 Å². The average Bonchev–Trinajstić information content (AvgIpc) is 3.25. The van der Waals surface area contributed by atoms with Crippen LogP contribution in [0, 0.1) is 6.92 Å². The van der Waals surface area contributed by atoms with E-state index in [0.29, 0.717) is 27.4 Å². The van der Waals surface area contributed by atoms with Crippen LogP contribution in [0.15, 0.2) is 90.1 Å². The molecule has 0 aliphatic heterocycles. The number of aryl methyl sites for hydroxylation is 2. The summed E-state index contributed by atoms with van der Waals surface area (Å²) in [6.45, 7) is 2.03. The van der Waals surface area contributed by atoms with E-state index in [1.165, 1.54) is 0 Å². The lowest BCUT2D eigenvalue weighted by Crippen LogP contribution is -2.31.